The van der Waals surface area contributed by atoms with Crippen molar-refractivity contribution >= 4 is 11.4 Å². The fraction of sp³-hybridized carbons (Fsp3) is 0.250. The average Bonchev–Trinajstić information content (AvgIpc) is 2.38. The molecule has 0 unspecified atom stereocenters. The summed E-state index contributed by atoms with van der Waals surface area (Å²) >= 11 is 0. The Morgan fingerprint density at radius 3 is 2.63 bits per heavy atom. The number of anilines is 2. The molecule has 3 nitrogen and oxygen atoms in total. The molecule has 0 spiro atoms. The summed E-state index contributed by atoms with van der Waals surface area (Å²) in [4.78, 5) is 2.14. The lowest BCUT2D eigenvalue weighted by molar-refractivity contribution is 0.414. The molecule has 2 rings (SSSR count). The molecule has 0 aromatic heterocycles. The first-order valence-corrected chi connectivity index (χ1v) is 6.30. The van der Waals surface area contributed by atoms with Gasteiger partial charge in [-0.15, -0.1) is 0 Å². The molecule has 0 fully saturated rings. The third kappa shape index (κ3) is 3.19. The summed E-state index contributed by atoms with van der Waals surface area (Å²) in [5.74, 6) is 0.878. The maximum absolute atomic E-state index is 6.07. The number of hydrogen-bond donors (Lipinski definition) is 1. The van der Waals surface area contributed by atoms with Gasteiger partial charge in [-0.3, -0.25) is 0 Å². The van der Waals surface area contributed by atoms with E-state index in [9.17, 15) is 0 Å². The first-order valence-electron chi connectivity index (χ1n) is 6.30. The lowest BCUT2D eigenvalue weighted by Gasteiger charge is -2.21. The highest BCUT2D eigenvalue weighted by Crippen LogP contribution is 2.25. The van der Waals surface area contributed by atoms with Gasteiger partial charge < -0.3 is 15.4 Å². The second kappa shape index (κ2) is 5.65. The van der Waals surface area contributed by atoms with E-state index in [0.717, 1.165) is 23.7 Å². The summed E-state index contributed by atoms with van der Waals surface area (Å²) in [7, 11) is 3.72. The summed E-state index contributed by atoms with van der Waals surface area (Å²) in [5, 5.41) is 0. The number of aryl methyl sites for hydroxylation is 1. The Hall–Kier alpha value is -2.16. The van der Waals surface area contributed by atoms with Gasteiger partial charge in [-0.25, -0.2) is 0 Å². The molecule has 0 bridgehead atoms. The summed E-state index contributed by atoms with van der Waals surface area (Å²) in [6, 6.07) is 14.2. The standard InChI is InChI=1S/C16H20N2O/c1-12-7-8-16(15(17)9-12)18(2)11-13-5-4-6-14(10-13)19-3/h4-10H,11,17H2,1-3H3. The van der Waals surface area contributed by atoms with Crippen molar-refractivity contribution in [3.05, 3.63) is 53.6 Å². The highest BCUT2D eigenvalue weighted by atomic mass is 16.5. The van der Waals surface area contributed by atoms with Crippen LogP contribution in [0.3, 0.4) is 0 Å². The first kappa shape index (κ1) is 13.3. The predicted octanol–water partition coefficient (Wildman–Crippen LogP) is 3.22. The van der Waals surface area contributed by atoms with Gasteiger partial charge in [0.05, 0.1) is 18.5 Å². The molecule has 2 N–H and O–H groups in total. The van der Waals surface area contributed by atoms with E-state index in [2.05, 4.69) is 23.1 Å². The fourth-order valence-corrected chi connectivity index (χ4v) is 2.15. The minimum absolute atomic E-state index is 0.796. The first-order chi connectivity index (χ1) is 9.10. The van der Waals surface area contributed by atoms with Gasteiger partial charge in [-0.2, -0.15) is 0 Å². The van der Waals surface area contributed by atoms with Crippen molar-refractivity contribution in [1.82, 2.24) is 0 Å². The van der Waals surface area contributed by atoms with Gasteiger partial charge in [0.15, 0.2) is 0 Å². The van der Waals surface area contributed by atoms with E-state index in [0.29, 0.717) is 0 Å². The Labute approximate surface area is 114 Å². The molecule has 100 valence electrons. The Balaban J connectivity index is 2.17. The van der Waals surface area contributed by atoms with Crippen molar-refractivity contribution in [3.63, 3.8) is 0 Å². The number of nitrogens with two attached hydrogens (primary N) is 1. The highest BCUT2D eigenvalue weighted by molar-refractivity contribution is 5.68. The number of rotatable bonds is 4. The fourth-order valence-electron chi connectivity index (χ4n) is 2.15. The van der Waals surface area contributed by atoms with Crippen LogP contribution in [0.4, 0.5) is 11.4 Å². The van der Waals surface area contributed by atoms with Gasteiger partial charge >= 0.3 is 0 Å². The van der Waals surface area contributed by atoms with E-state index in [1.165, 1.54) is 11.1 Å². The molecule has 0 saturated heterocycles. The van der Waals surface area contributed by atoms with E-state index >= 15 is 0 Å². The van der Waals surface area contributed by atoms with Crippen LogP contribution in [0.25, 0.3) is 0 Å². The molecular formula is C16H20N2O. The average molecular weight is 256 g/mol. The molecule has 0 aliphatic heterocycles. The molecule has 2 aromatic carbocycles. The lowest BCUT2D eigenvalue weighted by atomic mass is 10.1. The molecule has 0 aliphatic carbocycles. The zero-order valence-corrected chi connectivity index (χ0v) is 11.7. The molecule has 0 aliphatic rings. The number of hydrogen-bond acceptors (Lipinski definition) is 3. The van der Waals surface area contributed by atoms with Crippen LogP contribution < -0.4 is 15.4 Å². The topological polar surface area (TPSA) is 38.5 Å². The normalized spacial score (nSPS) is 10.3. The quantitative estimate of drug-likeness (QED) is 0.854. The van der Waals surface area contributed by atoms with Crippen LogP contribution in [0.15, 0.2) is 42.5 Å². The maximum Gasteiger partial charge on any atom is 0.119 e. The molecule has 3 heteroatoms. The number of nitrogen functional groups attached to an aromatic ring is 1. The van der Waals surface area contributed by atoms with Gasteiger partial charge in [0, 0.05) is 13.6 Å². The van der Waals surface area contributed by atoms with Gasteiger partial charge in [0.2, 0.25) is 0 Å². The second-order valence-electron chi connectivity index (χ2n) is 4.77. The largest absolute Gasteiger partial charge is 0.497 e. The molecule has 0 amide bonds. The van der Waals surface area contributed by atoms with Crippen LogP contribution in [0, 0.1) is 6.92 Å². The van der Waals surface area contributed by atoms with E-state index in [4.69, 9.17) is 10.5 Å². The number of ether oxygens (including phenoxy) is 1. The Bertz CT molecular complexity index is 566. The molecule has 0 heterocycles. The smallest absolute Gasteiger partial charge is 0.119 e. The van der Waals surface area contributed by atoms with Crippen molar-refractivity contribution in [3.8, 4) is 5.75 Å². The molecule has 2 aromatic rings. The maximum atomic E-state index is 6.07. The van der Waals surface area contributed by atoms with Crippen LogP contribution in [0.5, 0.6) is 5.75 Å². The van der Waals surface area contributed by atoms with Gasteiger partial charge in [0.25, 0.3) is 0 Å². The number of benzene rings is 2. The van der Waals surface area contributed by atoms with E-state index < -0.39 is 0 Å². The van der Waals surface area contributed by atoms with E-state index in [1.54, 1.807) is 7.11 Å². The summed E-state index contributed by atoms with van der Waals surface area (Å²) in [5.41, 5.74) is 10.3. The van der Waals surface area contributed by atoms with E-state index in [-0.39, 0.29) is 0 Å². The van der Waals surface area contributed by atoms with Crippen molar-refractivity contribution in [2.24, 2.45) is 0 Å². The van der Waals surface area contributed by atoms with Crippen LogP contribution in [0.1, 0.15) is 11.1 Å². The van der Waals surface area contributed by atoms with Gasteiger partial charge in [-0.05, 0) is 42.3 Å². The van der Waals surface area contributed by atoms with Crippen molar-refractivity contribution < 1.29 is 4.74 Å². The second-order valence-corrected chi connectivity index (χ2v) is 4.77. The Morgan fingerprint density at radius 2 is 1.95 bits per heavy atom. The van der Waals surface area contributed by atoms with Gasteiger partial charge in [-0.1, -0.05) is 18.2 Å². The van der Waals surface area contributed by atoms with Crippen LogP contribution in [-0.4, -0.2) is 14.2 Å². The third-order valence-corrected chi connectivity index (χ3v) is 3.15. The molecule has 0 atom stereocenters. The molecule has 19 heavy (non-hydrogen) atoms. The zero-order valence-electron chi connectivity index (χ0n) is 11.7. The van der Waals surface area contributed by atoms with Crippen LogP contribution in [-0.2, 0) is 6.54 Å². The number of nitrogens with zero attached hydrogens (tertiary/aromatic N) is 1. The molecular weight excluding hydrogens is 236 g/mol. The SMILES string of the molecule is COc1cccc(CN(C)c2ccc(C)cc2N)c1. The highest BCUT2D eigenvalue weighted by Gasteiger charge is 2.06. The summed E-state index contributed by atoms with van der Waals surface area (Å²) in [6.07, 6.45) is 0. The van der Waals surface area contributed by atoms with Crippen LogP contribution in [0.2, 0.25) is 0 Å². The number of methoxy groups -OCH3 is 1. The van der Waals surface area contributed by atoms with Crippen molar-refractivity contribution in [1.29, 1.82) is 0 Å². The minimum atomic E-state index is 0.796. The zero-order chi connectivity index (χ0) is 13.8. The lowest BCUT2D eigenvalue weighted by Crippen LogP contribution is -2.17. The van der Waals surface area contributed by atoms with E-state index in [1.807, 2.05) is 38.2 Å². The summed E-state index contributed by atoms with van der Waals surface area (Å²) < 4.78 is 5.24. The Kier molecular flexibility index (Phi) is 3.95. The van der Waals surface area contributed by atoms with Crippen molar-refractivity contribution in [2.45, 2.75) is 13.5 Å². The van der Waals surface area contributed by atoms with Crippen LogP contribution >= 0.6 is 0 Å². The summed E-state index contributed by atoms with van der Waals surface area (Å²) in [6.45, 7) is 2.84. The molecule has 0 saturated carbocycles. The minimum Gasteiger partial charge on any atom is -0.497 e. The Morgan fingerprint density at radius 1 is 1.16 bits per heavy atom. The molecule has 0 radical (unpaired) electrons. The monoisotopic (exact) mass is 256 g/mol. The predicted molar refractivity (Wildman–Crippen MR) is 80.7 cm³/mol. The third-order valence-electron chi connectivity index (χ3n) is 3.15. The van der Waals surface area contributed by atoms with Gasteiger partial charge in [0.1, 0.15) is 5.75 Å². The van der Waals surface area contributed by atoms with Crippen molar-refractivity contribution in [2.75, 3.05) is 24.8 Å².